The second kappa shape index (κ2) is 8.14. The zero-order valence-corrected chi connectivity index (χ0v) is 19.5. The first kappa shape index (κ1) is 22.9. The van der Waals surface area contributed by atoms with Crippen molar-refractivity contribution in [1.82, 2.24) is 10.2 Å². The average Bonchev–Trinajstić information content (AvgIpc) is 2.95. The van der Waals surface area contributed by atoms with Crippen molar-refractivity contribution in [3.05, 3.63) is 0 Å². The summed E-state index contributed by atoms with van der Waals surface area (Å²) >= 11 is 0. The van der Waals surface area contributed by atoms with Gasteiger partial charge in [-0.2, -0.15) is 0 Å². The Morgan fingerprint density at radius 3 is 2.39 bits per heavy atom. The predicted octanol–water partition coefficient (Wildman–Crippen LogP) is 3.15. The van der Waals surface area contributed by atoms with Gasteiger partial charge in [0.1, 0.15) is 6.61 Å². The van der Waals surface area contributed by atoms with E-state index in [0.29, 0.717) is 13.0 Å². The molecule has 1 N–H and O–H groups in total. The molecule has 0 radical (unpaired) electrons. The topological polar surface area (TPSA) is 84.9 Å². The van der Waals surface area contributed by atoms with Gasteiger partial charge in [-0.15, -0.1) is 0 Å². The lowest BCUT2D eigenvalue weighted by Gasteiger charge is -2.42. The Kier molecular flexibility index (Phi) is 6.65. The van der Waals surface area contributed by atoms with E-state index in [2.05, 4.69) is 39.2 Å². The van der Waals surface area contributed by atoms with Gasteiger partial charge in [0.05, 0.1) is 23.9 Å². The molecule has 2 fully saturated rings. The Bertz CT molecular complexity index is 629. The van der Waals surface area contributed by atoms with E-state index in [1.807, 2.05) is 13.8 Å². The molecule has 0 saturated carbocycles. The monoisotopic (exact) mass is 412 g/mol. The normalized spacial score (nSPS) is 26.8. The van der Waals surface area contributed by atoms with Gasteiger partial charge in [-0.05, 0) is 30.5 Å². The van der Waals surface area contributed by atoms with E-state index in [-0.39, 0.29) is 47.4 Å². The van der Waals surface area contributed by atoms with Gasteiger partial charge in [0, 0.05) is 6.61 Å². The highest BCUT2D eigenvalue weighted by molar-refractivity contribution is 6.74. The summed E-state index contributed by atoms with van der Waals surface area (Å²) in [5, 5.41) is 2.96. The van der Waals surface area contributed by atoms with Crippen LogP contribution in [0.15, 0.2) is 0 Å². The Hall–Kier alpha value is -1.41. The van der Waals surface area contributed by atoms with Gasteiger partial charge >= 0.3 is 6.09 Å². The number of rotatable bonds is 7. The van der Waals surface area contributed by atoms with Crippen LogP contribution in [0.2, 0.25) is 18.1 Å². The van der Waals surface area contributed by atoms with Crippen molar-refractivity contribution < 1.29 is 23.5 Å². The molecule has 2 aliphatic heterocycles. The fourth-order valence-electron chi connectivity index (χ4n) is 3.43. The molecule has 0 aromatic heterocycles. The van der Waals surface area contributed by atoms with Crippen molar-refractivity contribution in [2.45, 2.75) is 78.2 Å². The molecule has 2 heterocycles. The van der Waals surface area contributed by atoms with Crippen molar-refractivity contribution in [3.8, 4) is 0 Å². The van der Waals surface area contributed by atoms with Crippen LogP contribution in [-0.2, 0) is 18.8 Å². The zero-order chi connectivity index (χ0) is 21.4. The number of nitrogens with one attached hydrogen (secondary N) is 1. The zero-order valence-electron chi connectivity index (χ0n) is 18.5. The van der Waals surface area contributed by atoms with Crippen LogP contribution in [0.25, 0.3) is 0 Å². The van der Waals surface area contributed by atoms with E-state index in [1.54, 1.807) is 6.92 Å². The maximum Gasteiger partial charge on any atom is 0.416 e. The van der Waals surface area contributed by atoms with Gasteiger partial charge in [-0.1, -0.05) is 41.5 Å². The Balaban J connectivity index is 1.98. The molecule has 0 bridgehead atoms. The van der Waals surface area contributed by atoms with Crippen LogP contribution >= 0.6 is 0 Å². The minimum Gasteiger partial charge on any atom is -0.447 e. The maximum absolute atomic E-state index is 13.0. The molecule has 0 spiro atoms. The molecule has 8 heteroatoms. The standard InChI is InChI=1S/C20H36N2O5Si/c1-12(2)15-11-26-19(25)22(15)18(24)13(3)16-14(17(23)21-16)9-10-27-28(7,8)20(4,5)6/h12-16H,9-11H2,1-8H3,(H,21,23)/t13?,14-,15-,16-/m1/s1. The van der Waals surface area contributed by atoms with E-state index in [1.165, 1.54) is 4.90 Å². The molecule has 0 aliphatic carbocycles. The van der Waals surface area contributed by atoms with Crippen molar-refractivity contribution in [3.63, 3.8) is 0 Å². The van der Waals surface area contributed by atoms with E-state index < -0.39 is 20.3 Å². The third-order valence-corrected chi connectivity index (χ3v) is 11.2. The van der Waals surface area contributed by atoms with E-state index in [9.17, 15) is 14.4 Å². The summed E-state index contributed by atoms with van der Waals surface area (Å²) in [6.07, 6.45) is -0.00222. The van der Waals surface area contributed by atoms with Crippen LogP contribution in [0, 0.1) is 17.8 Å². The first-order chi connectivity index (χ1) is 12.8. The van der Waals surface area contributed by atoms with Crippen molar-refractivity contribution in [2.75, 3.05) is 13.2 Å². The molecule has 28 heavy (non-hydrogen) atoms. The summed E-state index contributed by atoms with van der Waals surface area (Å²) in [7, 11) is -1.87. The summed E-state index contributed by atoms with van der Waals surface area (Å²) in [4.78, 5) is 38.4. The van der Waals surface area contributed by atoms with Crippen LogP contribution in [0.4, 0.5) is 4.79 Å². The molecule has 160 valence electrons. The average molecular weight is 413 g/mol. The SMILES string of the molecule is CC(C(=O)N1C(=O)OC[C@@H]1C(C)C)[C@H]1NC(=O)[C@@H]1CCO[Si](C)(C)C(C)(C)C. The lowest BCUT2D eigenvalue weighted by Crippen LogP contribution is -2.64. The highest BCUT2D eigenvalue weighted by Crippen LogP contribution is 2.37. The van der Waals surface area contributed by atoms with E-state index >= 15 is 0 Å². The van der Waals surface area contributed by atoms with E-state index in [0.717, 1.165) is 0 Å². The van der Waals surface area contributed by atoms with Crippen LogP contribution in [-0.4, -0.2) is 56.4 Å². The summed E-state index contributed by atoms with van der Waals surface area (Å²) < 4.78 is 11.3. The van der Waals surface area contributed by atoms with Gasteiger partial charge in [0.15, 0.2) is 8.32 Å². The Labute approximate surface area is 169 Å². The van der Waals surface area contributed by atoms with Gasteiger partial charge < -0.3 is 14.5 Å². The quantitative estimate of drug-likeness (QED) is 0.513. The fraction of sp³-hybridized carbons (Fsp3) is 0.850. The number of carbonyl (C=O) groups excluding carboxylic acids is 3. The third kappa shape index (κ3) is 4.43. The number of amides is 3. The fourth-order valence-corrected chi connectivity index (χ4v) is 4.49. The summed E-state index contributed by atoms with van der Waals surface area (Å²) in [6.45, 7) is 17.3. The number of nitrogens with zero attached hydrogens (tertiary/aromatic N) is 1. The largest absolute Gasteiger partial charge is 0.447 e. The first-order valence-electron chi connectivity index (χ1n) is 10.2. The van der Waals surface area contributed by atoms with Crippen LogP contribution < -0.4 is 5.32 Å². The predicted molar refractivity (Wildman–Crippen MR) is 109 cm³/mol. The molecule has 2 rings (SSSR count). The number of imide groups is 1. The molecule has 2 aliphatic rings. The molecule has 1 unspecified atom stereocenters. The van der Waals surface area contributed by atoms with Gasteiger partial charge in [0.25, 0.3) is 0 Å². The number of ether oxygens (including phenoxy) is 1. The highest BCUT2D eigenvalue weighted by Gasteiger charge is 2.49. The molecule has 3 amide bonds. The van der Waals surface area contributed by atoms with Crippen molar-refractivity contribution >= 4 is 26.2 Å². The number of hydrogen-bond acceptors (Lipinski definition) is 5. The smallest absolute Gasteiger partial charge is 0.416 e. The molecular formula is C20H36N2O5Si. The van der Waals surface area contributed by atoms with Crippen molar-refractivity contribution in [1.29, 1.82) is 0 Å². The van der Waals surface area contributed by atoms with Crippen molar-refractivity contribution in [2.24, 2.45) is 17.8 Å². The third-order valence-electron chi connectivity index (χ3n) is 6.62. The van der Waals surface area contributed by atoms with Crippen LogP contribution in [0.5, 0.6) is 0 Å². The molecule has 7 nitrogen and oxygen atoms in total. The van der Waals surface area contributed by atoms with Gasteiger partial charge in [-0.25, -0.2) is 9.69 Å². The highest BCUT2D eigenvalue weighted by atomic mass is 28.4. The summed E-state index contributed by atoms with van der Waals surface area (Å²) in [5.74, 6) is -0.955. The Morgan fingerprint density at radius 1 is 1.29 bits per heavy atom. The second-order valence-electron chi connectivity index (χ2n) is 9.92. The molecule has 0 aromatic rings. The van der Waals surface area contributed by atoms with E-state index in [4.69, 9.17) is 9.16 Å². The van der Waals surface area contributed by atoms with Crippen LogP contribution in [0.3, 0.4) is 0 Å². The maximum atomic E-state index is 13.0. The molecule has 2 saturated heterocycles. The summed E-state index contributed by atoms with van der Waals surface area (Å²) in [5.41, 5.74) is 0. The number of hydrogen-bond donors (Lipinski definition) is 1. The first-order valence-corrected chi connectivity index (χ1v) is 13.1. The summed E-state index contributed by atoms with van der Waals surface area (Å²) in [6, 6.07) is -0.525. The minimum atomic E-state index is -1.87. The lowest BCUT2D eigenvalue weighted by atomic mass is 9.79. The second-order valence-corrected chi connectivity index (χ2v) is 14.7. The minimum absolute atomic E-state index is 0.0483. The Morgan fingerprint density at radius 2 is 1.89 bits per heavy atom. The van der Waals surface area contributed by atoms with Gasteiger partial charge in [0.2, 0.25) is 11.8 Å². The van der Waals surface area contributed by atoms with Gasteiger partial charge in [-0.3, -0.25) is 9.59 Å². The van der Waals surface area contributed by atoms with Crippen LogP contribution in [0.1, 0.15) is 48.0 Å². The molecule has 4 atom stereocenters. The molecular weight excluding hydrogens is 376 g/mol. The lowest BCUT2D eigenvalue weighted by molar-refractivity contribution is -0.143. The number of carbonyl (C=O) groups is 3. The number of cyclic esters (lactones) is 1. The number of β-lactam (4-membered cyclic amide) rings is 1. The molecule has 0 aromatic carbocycles.